The molecule has 0 bridgehead atoms. The molecule has 0 spiro atoms. The molecule has 26 heavy (non-hydrogen) atoms. The number of aryl methyl sites for hydroxylation is 2. The van der Waals surface area contributed by atoms with E-state index < -0.39 is 4.92 Å². The van der Waals surface area contributed by atoms with Crippen LogP contribution < -0.4 is 5.56 Å². The first-order valence-corrected chi connectivity index (χ1v) is 9.94. The number of aromatic nitrogens is 2. The number of rotatable bonds is 5. The maximum atomic E-state index is 12.9. The molecule has 0 N–H and O–H groups in total. The molecule has 136 valence electrons. The Bertz CT molecular complexity index is 1060. The summed E-state index contributed by atoms with van der Waals surface area (Å²) in [4.78, 5) is 30.1. The van der Waals surface area contributed by atoms with Crippen LogP contribution in [0.3, 0.4) is 0 Å². The normalized spacial score (nSPS) is 12.5. The summed E-state index contributed by atoms with van der Waals surface area (Å²) >= 11 is 2.98. The molecule has 8 heteroatoms. The summed E-state index contributed by atoms with van der Waals surface area (Å²) in [5.74, 6) is 0. The van der Waals surface area contributed by atoms with E-state index in [2.05, 4.69) is 0 Å². The Hall–Kier alpha value is -2.19. The van der Waals surface area contributed by atoms with Gasteiger partial charge >= 0.3 is 0 Å². The smallest absolute Gasteiger partial charge is 0.269 e. The van der Waals surface area contributed by atoms with Gasteiger partial charge in [-0.05, 0) is 38.8 Å². The van der Waals surface area contributed by atoms with Crippen LogP contribution in [-0.4, -0.2) is 14.5 Å². The first-order valence-electron chi connectivity index (χ1n) is 8.25. The van der Waals surface area contributed by atoms with E-state index in [4.69, 9.17) is 4.98 Å². The first-order chi connectivity index (χ1) is 12.3. The number of nitro groups is 1. The van der Waals surface area contributed by atoms with E-state index in [0.717, 1.165) is 20.8 Å². The molecule has 1 aromatic carbocycles. The number of fused-ring (bicyclic) bond motifs is 1. The van der Waals surface area contributed by atoms with Crippen LogP contribution in [-0.2, 0) is 6.54 Å². The highest BCUT2D eigenvalue weighted by molar-refractivity contribution is 7.99. The number of benzene rings is 1. The Labute approximate surface area is 159 Å². The van der Waals surface area contributed by atoms with Crippen LogP contribution in [0.1, 0.15) is 35.1 Å². The van der Waals surface area contributed by atoms with E-state index in [0.29, 0.717) is 17.1 Å². The third-order valence-electron chi connectivity index (χ3n) is 4.40. The predicted octanol–water partition coefficient (Wildman–Crippen LogP) is 4.86. The van der Waals surface area contributed by atoms with Gasteiger partial charge in [-0.3, -0.25) is 19.5 Å². The largest absolute Gasteiger partial charge is 0.287 e. The number of non-ortho nitro benzene ring substituents is 1. The van der Waals surface area contributed by atoms with E-state index in [9.17, 15) is 14.9 Å². The second-order valence-corrected chi connectivity index (χ2v) is 8.53. The van der Waals surface area contributed by atoms with Crippen molar-refractivity contribution in [3.8, 4) is 0 Å². The Balaban J connectivity index is 2.04. The Morgan fingerprint density at radius 1 is 1.38 bits per heavy atom. The van der Waals surface area contributed by atoms with Gasteiger partial charge in [0.2, 0.25) is 0 Å². The maximum absolute atomic E-state index is 12.9. The molecule has 0 saturated heterocycles. The fraction of sp³-hybridized carbons (Fsp3) is 0.333. The lowest BCUT2D eigenvalue weighted by atomic mass is 10.1. The minimum Gasteiger partial charge on any atom is -0.287 e. The van der Waals surface area contributed by atoms with Gasteiger partial charge in [-0.25, -0.2) is 4.98 Å². The summed E-state index contributed by atoms with van der Waals surface area (Å²) in [6.45, 7) is 8.36. The van der Waals surface area contributed by atoms with Crippen LogP contribution in [0.25, 0.3) is 10.2 Å². The predicted molar refractivity (Wildman–Crippen MR) is 106 cm³/mol. The average molecular weight is 390 g/mol. The molecular formula is C18H19N3O3S2. The SMILES string of the molecule is CCn1c(S[C@H](C)c2cccc([N+](=O)[O-])c2)nc2sc(C)c(C)c2c1=O. The van der Waals surface area contributed by atoms with Crippen LogP contribution in [0, 0.1) is 24.0 Å². The first kappa shape index (κ1) is 18.6. The summed E-state index contributed by atoms with van der Waals surface area (Å²) in [5.41, 5.74) is 1.87. The van der Waals surface area contributed by atoms with Crippen molar-refractivity contribution >= 4 is 39.0 Å². The molecule has 0 fully saturated rings. The van der Waals surface area contributed by atoms with E-state index >= 15 is 0 Å². The lowest BCUT2D eigenvalue weighted by molar-refractivity contribution is -0.384. The van der Waals surface area contributed by atoms with Crippen LogP contribution in [0.15, 0.2) is 34.2 Å². The molecule has 6 nitrogen and oxygen atoms in total. The van der Waals surface area contributed by atoms with E-state index in [1.54, 1.807) is 16.7 Å². The molecule has 0 aliphatic heterocycles. The van der Waals surface area contributed by atoms with Crippen molar-refractivity contribution in [2.75, 3.05) is 0 Å². The van der Waals surface area contributed by atoms with Gasteiger partial charge in [0.15, 0.2) is 5.16 Å². The van der Waals surface area contributed by atoms with Gasteiger partial charge in [0.05, 0.1) is 10.3 Å². The van der Waals surface area contributed by atoms with Crippen molar-refractivity contribution in [1.82, 2.24) is 9.55 Å². The number of hydrogen-bond donors (Lipinski definition) is 0. The van der Waals surface area contributed by atoms with Gasteiger partial charge in [-0.15, -0.1) is 11.3 Å². The third kappa shape index (κ3) is 3.26. The van der Waals surface area contributed by atoms with Gasteiger partial charge in [-0.1, -0.05) is 23.9 Å². The molecule has 3 aromatic rings. The minimum atomic E-state index is -0.398. The molecule has 0 aliphatic rings. The highest BCUT2D eigenvalue weighted by atomic mass is 32.2. The fourth-order valence-electron chi connectivity index (χ4n) is 2.79. The van der Waals surface area contributed by atoms with Crippen LogP contribution in [0.2, 0.25) is 0 Å². The number of nitro benzene ring substituents is 1. The molecule has 1 atom stereocenters. The third-order valence-corrected chi connectivity index (χ3v) is 6.65. The molecule has 3 rings (SSSR count). The number of nitrogens with zero attached hydrogens (tertiary/aromatic N) is 3. The summed E-state index contributed by atoms with van der Waals surface area (Å²) in [7, 11) is 0. The number of thiophene rings is 1. The van der Waals surface area contributed by atoms with Gasteiger partial charge in [0, 0.05) is 28.8 Å². The Kier molecular flexibility index (Phi) is 5.15. The molecule has 0 amide bonds. The van der Waals surface area contributed by atoms with E-state index in [1.165, 1.54) is 29.2 Å². The van der Waals surface area contributed by atoms with Gasteiger partial charge in [0.25, 0.3) is 11.2 Å². The zero-order chi connectivity index (χ0) is 19.0. The van der Waals surface area contributed by atoms with Crippen molar-refractivity contribution in [2.24, 2.45) is 0 Å². The lowest BCUT2D eigenvalue weighted by Gasteiger charge is -2.15. The van der Waals surface area contributed by atoms with Crippen molar-refractivity contribution < 1.29 is 4.92 Å². The van der Waals surface area contributed by atoms with Crippen LogP contribution in [0.5, 0.6) is 0 Å². The van der Waals surface area contributed by atoms with Crippen molar-refractivity contribution in [1.29, 1.82) is 0 Å². The molecule has 2 aromatic heterocycles. The molecule has 0 aliphatic carbocycles. The van der Waals surface area contributed by atoms with Crippen LogP contribution in [0.4, 0.5) is 5.69 Å². The molecule has 0 unspecified atom stereocenters. The van der Waals surface area contributed by atoms with Crippen molar-refractivity contribution in [2.45, 2.75) is 44.6 Å². The van der Waals surface area contributed by atoms with Gasteiger partial charge < -0.3 is 0 Å². The van der Waals surface area contributed by atoms with Crippen LogP contribution >= 0.6 is 23.1 Å². The standard InChI is InChI=1S/C18H19N3O3S2/c1-5-20-17(22)15-10(2)11(3)25-16(15)19-18(20)26-12(4)13-7-6-8-14(9-13)21(23)24/h6-9,12H,5H2,1-4H3/t12-/m1/s1. The average Bonchev–Trinajstić information content (AvgIpc) is 2.89. The monoisotopic (exact) mass is 389 g/mol. The fourth-order valence-corrected chi connectivity index (χ4v) is 4.95. The summed E-state index contributed by atoms with van der Waals surface area (Å²) in [5, 5.41) is 12.3. The maximum Gasteiger partial charge on any atom is 0.269 e. The highest BCUT2D eigenvalue weighted by Crippen LogP contribution is 2.36. The lowest BCUT2D eigenvalue weighted by Crippen LogP contribution is -2.22. The molecule has 0 saturated carbocycles. The summed E-state index contributed by atoms with van der Waals surface area (Å²) < 4.78 is 1.68. The number of thioether (sulfide) groups is 1. The summed E-state index contributed by atoms with van der Waals surface area (Å²) in [6, 6.07) is 6.59. The summed E-state index contributed by atoms with van der Waals surface area (Å²) in [6.07, 6.45) is 0. The Morgan fingerprint density at radius 3 is 2.77 bits per heavy atom. The van der Waals surface area contributed by atoms with Crippen molar-refractivity contribution in [3.63, 3.8) is 0 Å². The topological polar surface area (TPSA) is 78.0 Å². The molecular weight excluding hydrogens is 370 g/mol. The zero-order valence-corrected chi connectivity index (χ0v) is 16.6. The quantitative estimate of drug-likeness (QED) is 0.270. The number of hydrogen-bond acceptors (Lipinski definition) is 6. The van der Waals surface area contributed by atoms with Gasteiger partial charge in [-0.2, -0.15) is 0 Å². The van der Waals surface area contributed by atoms with Crippen molar-refractivity contribution in [3.05, 3.63) is 60.7 Å². The second-order valence-electron chi connectivity index (χ2n) is 6.02. The second kappa shape index (κ2) is 7.20. The van der Waals surface area contributed by atoms with E-state index in [1.807, 2.05) is 33.8 Å². The van der Waals surface area contributed by atoms with Gasteiger partial charge in [0.1, 0.15) is 4.83 Å². The minimum absolute atomic E-state index is 0.0203. The molecule has 2 heterocycles. The Morgan fingerprint density at radius 2 is 2.12 bits per heavy atom. The molecule has 0 radical (unpaired) electrons. The van der Waals surface area contributed by atoms with E-state index in [-0.39, 0.29) is 16.5 Å². The highest BCUT2D eigenvalue weighted by Gasteiger charge is 2.19. The zero-order valence-electron chi connectivity index (χ0n) is 15.0.